The minimum absolute atomic E-state index is 0.249. The molecule has 0 fully saturated rings. The monoisotopic (exact) mass is 228 g/mol. The van der Waals surface area contributed by atoms with E-state index in [-0.39, 0.29) is 5.75 Å². The van der Waals surface area contributed by atoms with E-state index in [4.69, 9.17) is 0 Å². The average Bonchev–Trinajstić information content (AvgIpc) is 2.32. The lowest BCUT2D eigenvalue weighted by Crippen LogP contribution is -2.03. The van der Waals surface area contributed by atoms with Crippen LogP contribution in [-0.4, -0.2) is 10.2 Å². The first-order valence-corrected chi connectivity index (χ1v) is 5.68. The van der Waals surface area contributed by atoms with Gasteiger partial charge in [-0.15, -0.1) is 0 Å². The van der Waals surface area contributed by atoms with Gasteiger partial charge in [-0.2, -0.15) is 0 Å². The van der Waals surface area contributed by atoms with E-state index in [1.807, 2.05) is 43.3 Å². The lowest BCUT2D eigenvalue weighted by Gasteiger charge is -2.13. The van der Waals surface area contributed by atoms with Gasteiger partial charge in [0.05, 0.1) is 6.10 Å². The summed E-state index contributed by atoms with van der Waals surface area (Å²) in [4.78, 5) is 0. The quantitative estimate of drug-likeness (QED) is 0.847. The summed E-state index contributed by atoms with van der Waals surface area (Å²) in [6.45, 7) is 2.00. The van der Waals surface area contributed by atoms with Crippen molar-refractivity contribution in [1.29, 1.82) is 0 Å². The molecular weight excluding hydrogens is 212 g/mol. The molecule has 0 aliphatic rings. The Kier molecular flexibility index (Phi) is 3.45. The lowest BCUT2D eigenvalue weighted by molar-refractivity contribution is 0.177. The van der Waals surface area contributed by atoms with Crippen molar-refractivity contribution in [3.05, 3.63) is 65.2 Å². The fourth-order valence-corrected chi connectivity index (χ4v) is 1.93. The zero-order valence-corrected chi connectivity index (χ0v) is 9.80. The van der Waals surface area contributed by atoms with E-state index in [0.29, 0.717) is 6.42 Å². The number of phenols is 1. The van der Waals surface area contributed by atoms with Crippen LogP contribution in [0.1, 0.15) is 22.8 Å². The zero-order chi connectivity index (χ0) is 12.3. The molecule has 88 valence electrons. The van der Waals surface area contributed by atoms with Gasteiger partial charge in [0.1, 0.15) is 5.75 Å². The van der Waals surface area contributed by atoms with E-state index < -0.39 is 6.10 Å². The summed E-state index contributed by atoms with van der Waals surface area (Å²) in [5.74, 6) is 0.249. The minimum atomic E-state index is -0.499. The van der Waals surface area contributed by atoms with Crippen LogP contribution in [0.25, 0.3) is 0 Å². The number of hydrogen-bond donors (Lipinski definition) is 2. The summed E-state index contributed by atoms with van der Waals surface area (Å²) >= 11 is 0. The molecule has 0 radical (unpaired) electrons. The van der Waals surface area contributed by atoms with Crippen LogP contribution in [0.15, 0.2) is 48.5 Å². The molecule has 0 heterocycles. The van der Waals surface area contributed by atoms with Gasteiger partial charge in [-0.1, -0.05) is 36.4 Å². The first kappa shape index (κ1) is 11.7. The van der Waals surface area contributed by atoms with Crippen molar-refractivity contribution < 1.29 is 10.2 Å². The number of aromatic hydroxyl groups is 1. The van der Waals surface area contributed by atoms with Gasteiger partial charge in [0.15, 0.2) is 0 Å². The van der Waals surface area contributed by atoms with E-state index >= 15 is 0 Å². The minimum Gasteiger partial charge on any atom is -0.508 e. The normalized spacial score (nSPS) is 12.4. The van der Waals surface area contributed by atoms with Crippen LogP contribution in [0.5, 0.6) is 5.75 Å². The highest BCUT2D eigenvalue weighted by Gasteiger charge is 2.10. The molecule has 2 N–H and O–H groups in total. The Bertz CT molecular complexity index is 489. The van der Waals surface area contributed by atoms with Crippen molar-refractivity contribution in [3.8, 4) is 5.75 Å². The van der Waals surface area contributed by atoms with Crippen molar-refractivity contribution >= 4 is 0 Å². The Hall–Kier alpha value is -1.80. The molecule has 17 heavy (non-hydrogen) atoms. The molecule has 1 unspecified atom stereocenters. The zero-order valence-electron chi connectivity index (χ0n) is 9.80. The summed E-state index contributed by atoms with van der Waals surface area (Å²) in [6, 6.07) is 14.8. The Morgan fingerprint density at radius 1 is 1.00 bits per heavy atom. The second-order valence-corrected chi connectivity index (χ2v) is 4.24. The van der Waals surface area contributed by atoms with Gasteiger partial charge < -0.3 is 10.2 Å². The average molecular weight is 228 g/mol. The maximum absolute atomic E-state index is 10.2. The number of phenolic OH excluding ortho intramolecular Hbond substituents is 1. The highest BCUT2D eigenvalue weighted by molar-refractivity contribution is 5.31. The Labute approximate surface area is 101 Å². The Balaban J connectivity index is 2.14. The fraction of sp³-hybridized carbons (Fsp3) is 0.200. The molecule has 0 saturated carbocycles. The van der Waals surface area contributed by atoms with Crippen molar-refractivity contribution in [1.82, 2.24) is 0 Å². The molecule has 0 aliphatic carbocycles. The van der Waals surface area contributed by atoms with E-state index in [1.165, 1.54) is 0 Å². The van der Waals surface area contributed by atoms with Crippen LogP contribution in [0.3, 0.4) is 0 Å². The molecule has 2 heteroatoms. The number of aryl methyl sites for hydroxylation is 1. The number of hydrogen-bond acceptors (Lipinski definition) is 2. The van der Waals surface area contributed by atoms with Crippen LogP contribution < -0.4 is 0 Å². The van der Waals surface area contributed by atoms with E-state index in [0.717, 1.165) is 16.7 Å². The van der Waals surface area contributed by atoms with Crippen LogP contribution in [0.4, 0.5) is 0 Å². The second-order valence-electron chi connectivity index (χ2n) is 4.24. The standard InChI is InChI=1S/C15H16O2/c1-11-4-2-3-5-14(11)15(17)10-12-6-8-13(16)9-7-12/h2-9,15-17H,10H2,1H3. The maximum Gasteiger partial charge on any atom is 0.115 e. The maximum atomic E-state index is 10.2. The highest BCUT2D eigenvalue weighted by Crippen LogP contribution is 2.22. The van der Waals surface area contributed by atoms with Crippen molar-refractivity contribution in [2.24, 2.45) is 0 Å². The third kappa shape index (κ3) is 2.86. The van der Waals surface area contributed by atoms with E-state index in [9.17, 15) is 10.2 Å². The predicted octanol–water partition coefficient (Wildman–Crippen LogP) is 2.98. The Morgan fingerprint density at radius 3 is 2.29 bits per heavy atom. The van der Waals surface area contributed by atoms with Gasteiger partial charge in [-0.25, -0.2) is 0 Å². The first-order valence-electron chi connectivity index (χ1n) is 5.68. The topological polar surface area (TPSA) is 40.5 Å². The van der Waals surface area contributed by atoms with Crippen LogP contribution in [0.2, 0.25) is 0 Å². The number of aliphatic hydroxyl groups is 1. The second kappa shape index (κ2) is 5.02. The van der Waals surface area contributed by atoms with Gasteiger partial charge in [0.2, 0.25) is 0 Å². The summed E-state index contributed by atoms with van der Waals surface area (Å²) in [6.07, 6.45) is 0.0613. The largest absolute Gasteiger partial charge is 0.508 e. The van der Waals surface area contributed by atoms with Gasteiger partial charge >= 0.3 is 0 Å². The molecule has 0 aromatic heterocycles. The van der Waals surface area contributed by atoms with Crippen LogP contribution in [0, 0.1) is 6.92 Å². The van der Waals surface area contributed by atoms with Crippen molar-refractivity contribution in [2.75, 3.05) is 0 Å². The number of benzene rings is 2. The third-order valence-electron chi connectivity index (χ3n) is 2.91. The molecule has 0 amide bonds. The van der Waals surface area contributed by atoms with Gasteiger partial charge in [0.25, 0.3) is 0 Å². The summed E-state index contributed by atoms with van der Waals surface area (Å²) in [7, 11) is 0. The molecule has 0 spiro atoms. The summed E-state index contributed by atoms with van der Waals surface area (Å²) in [5.41, 5.74) is 3.07. The third-order valence-corrected chi connectivity index (χ3v) is 2.91. The number of aliphatic hydroxyl groups excluding tert-OH is 1. The molecular formula is C15H16O2. The van der Waals surface area contributed by atoms with E-state index in [1.54, 1.807) is 12.1 Å². The summed E-state index contributed by atoms with van der Waals surface area (Å²) < 4.78 is 0. The molecule has 2 aromatic carbocycles. The van der Waals surface area contributed by atoms with E-state index in [2.05, 4.69) is 0 Å². The van der Waals surface area contributed by atoms with Crippen LogP contribution in [-0.2, 0) is 6.42 Å². The highest BCUT2D eigenvalue weighted by atomic mass is 16.3. The fourth-order valence-electron chi connectivity index (χ4n) is 1.93. The van der Waals surface area contributed by atoms with Gasteiger partial charge in [-0.3, -0.25) is 0 Å². The molecule has 2 rings (SSSR count). The summed E-state index contributed by atoms with van der Waals surface area (Å²) in [5, 5.41) is 19.4. The van der Waals surface area contributed by atoms with Crippen molar-refractivity contribution in [3.63, 3.8) is 0 Å². The molecule has 1 atom stereocenters. The lowest BCUT2D eigenvalue weighted by atomic mass is 9.98. The Morgan fingerprint density at radius 2 is 1.65 bits per heavy atom. The molecule has 0 saturated heterocycles. The smallest absolute Gasteiger partial charge is 0.115 e. The van der Waals surface area contributed by atoms with Gasteiger partial charge in [-0.05, 0) is 35.7 Å². The molecule has 0 bridgehead atoms. The predicted molar refractivity (Wildman–Crippen MR) is 67.9 cm³/mol. The van der Waals surface area contributed by atoms with Crippen molar-refractivity contribution in [2.45, 2.75) is 19.4 Å². The molecule has 2 nitrogen and oxygen atoms in total. The number of rotatable bonds is 3. The van der Waals surface area contributed by atoms with Crippen LogP contribution >= 0.6 is 0 Å². The first-order chi connectivity index (χ1) is 8.16. The molecule has 2 aromatic rings. The SMILES string of the molecule is Cc1ccccc1C(O)Cc1ccc(O)cc1. The molecule has 0 aliphatic heterocycles. The van der Waals surface area contributed by atoms with Gasteiger partial charge in [0, 0.05) is 6.42 Å².